The van der Waals surface area contributed by atoms with Gasteiger partial charge in [0.2, 0.25) is 0 Å². The third kappa shape index (κ3) is 2.96. The van der Waals surface area contributed by atoms with Crippen LogP contribution in [-0.4, -0.2) is 9.97 Å². The van der Waals surface area contributed by atoms with Crippen molar-refractivity contribution in [2.75, 3.05) is 0 Å². The van der Waals surface area contributed by atoms with Crippen molar-refractivity contribution < 1.29 is 4.39 Å². The molecule has 18 heavy (non-hydrogen) atoms. The van der Waals surface area contributed by atoms with Crippen molar-refractivity contribution in [1.82, 2.24) is 9.97 Å². The van der Waals surface area contributed by atoms with Crippen molar-refractivity contribution in [3.05, 3.63) is 52.2 Å². The lowest BCUT2D eigenvalue weighted by Gasteiger charge is -2.11. The van der Waals surface area contributed by atoms with E-state index < -0.39 is 0 Å². The average Bonchev–Trinajstić information content (AvgIpc) is 2.31. The first-order chi connectivity index (χ1) is 8.56. The van der Waals surface area contributed by atoms with E-state index in [-0.39, 0.29) is 17.4 Å². The molecule has 0 aliphatic carbocycles. The smallest absolute Gasteiger partial charge is 0.251 e. The first kappa shape index (κ1) is 12.8. The number of benzene rings is 1. The highest BCUT2D eigenvalue weighted by atomic mass is 32.2. The van der Waals surface area contributed by atoms with Crippen LogP contribution in [0, 0.1) is 5.82 Å². The van der Waals surface area contributed by atoms with E-state index in [1.165, 1.54) is 36.2 Å². The second-order valence-corrected chi connectivity index (χ2v) is 4.84. The monoisotopic (exact) mass is 265 g/mol. The van der Waals surface area contributed by atoms with Gasteiger partial charge in [-0.25, -0.2) is 9.37 Å². The summed E-state index contributed by atoms with van der Waals surface area (Å²) in [5.74, 6) is -0.332. The summed E-state index contributed by atoms with van der Waals surface area (Å²) in [6, 6.07) is 5.43. The molecule has 0 unspecified atom stereocenters. The second kappa shape index (κ2) is 5.32. The summed E-state index contributed by atoms with van der Waals surface area (Å²) in [6.45, 7) is 1.78. The molecule has 0 aliphatic heterocycles. The van der Waals surface area contributed by atoms with Gasteiger partial charge in [-0.3, -0.25) is 4.79 Å². The molecule has 0 amide bonds. The molecule has 94 valence electrons. The number of aromatic amines is 1. The molecule has 1 heterocycles. The molecule has 0 fully saturated rings. The van der Waals surface area contributed by atoms with E-state index in [1.54, 1.807) is 13.0 Å². The Balaban J connectivity index is 2.37. The molecule has 1 aromatic carbocycles. The number of nitrogens with one attached hydrogen (secondary N) is 1. The van der Waals surface area contributed by atoms with E-state index in [0.717, 1.165) is 4.90 Å². The van der Waals surface area contributed by atoms with Crippen molar-refractivity contribution in [3.8, 4) is 0 Å². The van der Waals surface area contributed by atoms with Crippen LogP contribution < -0.4 is 11.3 Å². The van der Waals surface area contributed by atoms with E-state index in [1.807, 2.05) is 0 Å². The molecular formula is C12H12FN3OS. The van der Waals surface area contributed by atoms with Gasteiger partial charge in [0.15, 0.2) is 5.16 Å². The third-order valence-electron chi connectivity index (χ3n) is 2.32. The fourth-order valence-electron chi connectivity index (χ4n) is 1.48. The highest BCUT2D eigenvalue weighted by Gasteiger charge is 2.10. The standard InChI is InChI=1S/C12H12FN3OS/c1-7(14)9-6-8(13)2-3-10(9)18-12-15-5-4-11(17)16-12/h2-7H,14H2,1H3,(H,15,16,17)/t7-/m0/s1. The van der Waals surface area contributed by atoms with E-state index >= 15 is 0 Å². The van der Waals surface area contributed by atoms with E-state index in [2.05, 4.69) is 9.97 Å². The summed E-state index contributed by atoms with van der Waals surface area (Å²) in [6.07, 6.45) is 1.43. The molecule has 0 saturated heterocycles. The Labute approximate surface area is 107 Å². The van der Waals surface area contributed by atoms with Crippen LogP contribution in [0.15, 0.2) is 45.3 Å². The minimum absolute atomic E-state index is 0.225. The van der Waals surface area contributed by atoms with Crippen molar-refractivity contribution in [2.45, 2.75) is 23.0 Å². The fourth-order valence-corrected chi connectivity index (χ4v) is 2.45. The lowest BCUT2D eigenvalue weighted by Crippen LogP contribution is -2.08. The fraction of sp³-hybridized carbons (Fsp3) is 0.167. The van der Waals surface area contributed by atoms with Crippen LogP contribution >= 0.6 is 11.8 Å². The first-order valence-electron chi connectivity index (χ1n) is 5.34. The lowest BCUT2D eigenvalue weighted by molar-refractivity contribution is 0.619. The Bertz CT molecular complexity index is 612. The number of hydrogen-bond donors (Lipinski definition) is 2. The van der Waals surface area contributed by atoms with Gasteiger partial charge in [-0.2, -0.15) is 0 Å². The quantitative estimate of drug-likeness (QED) is 0.833. The molecule has 3 N–H and O–H groups in total. The van der Waals surface area contributed by atoms with Crippen LogP contribution in [0.5, 0.6) is 0 Å². The molecule has 6 heteroatoms. The van der Waals surface area contributed by atoms with E-state index in [9.17, 15) is 9.18 Å². The maximum absolute atomic E-state index is 13.2. The zero-order chi connectivity index (χ0) is 13.1. The summed E-state index contributed by atoms with van der Waals surface area (Å²) >= 11 is 1.25. The number of halogens is 1. The third-order valence-corrected chi connectivity index (χ3v) is 3.31. The van der Waals surface area contributed by atoms with Gasteiger partial charge < -0.3 is 10.7 Å². The number of H-pyrrole nitrogens is 1. The zero-order valence-corrected chi connectivity index (χ0v) is 10.5. The Morgan fingerprint density at radius 3 is 2.89 bits per heavy atom. The van der Waals surface area contributed by atoms with Crippen molar-refractivity contribution in [1.29, 1.82) is 0 Å². The molecule has 1 atom stereocenters. The predicted molar refractivity (Wildman–Crippen MR) is 68.0 cm³/mol. The second-order valence-electron chi connectivity index (χ2n) is 3.81. The first-order valence-corrected chi connectivity index (χ1v) is 6.16. The van der Waals surface area contributed by atoms with Gasteiger partial charge in [0, 0.05) is 23.2 Å². The predicted octanol–water partition coefficient (Wildman–Crippen LogP) is 2.08. The van der Waals surface area contributed by atoms with Crippen LogP contribution in [0.3, 0.4) is 0 Å². The van der Waals surface area contributed by atoms with Crippen molar-refractivity contribution in [3.63, 3.8) is 0 Å². The van der Waals surface area contributed by atoms with Crippen LogP contribution in [0.25, 0.3) is 0 Å². The van der Waals surface area contributed by atoms with E-state index in [4.69, 9.17) is 5.73 Å². The molecule has 1 aromatic heterocycles. The molecule has 0 bridgehead atoms. The van der Waals surface area contributed by atoms with Crippen LogP contribution in [0.4, 0.5) is 4.39 Å². The normalized spacial score (nSPS) is 12.4. The molecule has 4 nitrogen and oxygen atoms in total. The lowest BCUT2D eigenvalue weighted by atomic mass is 10.1. The number of nitrogens with zero attached hydrogens (tertiary/aromatic N) is 1. The summed E-state index contributed by atoms with van der Waals surface area (Å²) in [7, 11) is 0. The molecule has 2 rings (SSSR count). The minimum Gasteiger partial charge on any atom is -0.324 e. The van der Waals surface area contributed by atoms with Crippen molar-refractivity contribution >= 4 is 11.8 Å². The maximum Gasteiger partial charge on any atom is 0.251 e. The number of aromatic nitrogens is 2. The number of nitrogens with two attached hydrogens (primary N) is 1. The van der Waals surface area contributed by atoms with Crippen LogP contribution in [0.2, 0.25) is 0 Å². The molecule has 0 saturated carbocycles. The Morgan fingerprint density at radius 1 is 1.44 bits per heavy atom. The van der Waals surface area contributed by atoms with Gasteiger partial charge in [0.05, 0.1) is 0 Å². The summed E-state index contributed by atoms with van der Waals surface area (Å²) < 4.78 is 13.2. The minimum atomic E-state index is -0.332. The number of rotatable bonds is 3. The van der Waals surface area contributed by atoms with Gasteiger partial charge in [0.25, 0.3) is 5.56 Å². The van der Waals surface area contributed by atoms with Gasteiger partial charge in [-0.05, 0) is 30.7 Å². The SMILES string of the molecule is C[C@H](N)c1cc(F)ccc1Sc1nccc(=O)[nH]1. The molecule has 0 spiro atoms. The molecular weight excluding hydrogens is 253 g/mol. The average molecular weight is 265 g/mol. The highest BCUT2D eigenvalue weighted by Crippen LogP contribution is 2.30. The Morgan fingerprint density at radius 2 is 2.22 bits per heavy atom. The van der Waals surface area contributed by atoms with Crippen LogP contribution in [0.1, 0.15) is 18.5 Å². The molecule has 0 radical (unpaired) electrons. The van der Waals surface area contributed by atoms with Gasteiger partial charge in [-0.15, -0.1) is 0 Å². The zero-order valence-electron chi connectivity index (χ0n) is 9.68. The maximum atomic E-state index is 13.2. The summed E-state index contributed by atoms with van der Waals surface area (Å²) in [5.41, 5.74) is 6.26. The van der Waals surface area contributed by atoms with Crippen molar-refractivity contribution in [2.24, 2.45) is 5.73 Å². The van der Waals surface area contributed by atoms with Gasteiger partial charge >= 0.3 is 0 Å². The summed E-state index contributed by atoms with van der Waals surface area (Å²) in [5, 5.41) is 0.455. The largest absolute Gasteiger partial charge is 0.324 e. The van der Waals surface area contributed by atoms with Gasteiger partial charge in [-0.1, -0.05) is 11.8 Å². The number of hydrogen-bond acceptors (Lipinski definition) is 4. The molecule has 0 aliphatic rings. The highest BCUT2D eigenvalue weighted by molar-refractivity contribution is 7.99. The Kier molecular flexibility index (Phi) is 3.78. The summed E-state index contributed by atoms with van der Waals surface area (Å²) in [4.78, 5) is 18.6. The van der Waals surface area contributed by atoms with Crippen LogP contribution in [-0.2, 0) is 0 Å². The Hall–Kier alpha value is -1.66. The van der Waals surface area contributed by atoms with E-state index in [0.29, 0.717) is 10.7 Å². The van der Waals surface area contributed by atoms with Gasteiger partial charge in [0.1, 0.15) is 5.82 Å². The molecule has 2 aromatic rings. The topological polar surface area (TPSA) is 71.8 Å².